The van der Waals surface area contributed by atoms with Crippen LogP contribution in [0.5, 0.6) is 0 Å². The second-order valence-corrected chi connectivity index (χ2v) is 10.6. The van der Waals surface area contributed by atoms with Gasteiger partial charge in [-0.05, 0) is 57.1 Å². The van der Waals surface area contributed by atoms with Gasteiger partial charge in [-0.3, -0.25) is 0 Å². The van der Waals surface area contributed by atoms with Crippen LogP contribution in [0, 0.1) is 0 Å². The van der Waals surface area contributed by atoms with Crippen molar-refractivity contribution in [1.82, 2.24) is 10.4 Å². The first kappa shape index (κ1) is 32.4. The fourth-order valence-electron chi connectivity index (χ4n) is 3.84. The zero-order valence-electron chi connectivity index (χ0n) is 18.0. The molecule has 1 N–H and O–H groups in total. The molecular weight excluding hydrogens is 481 g/mol. The monoisotopic (exact) mass is 502 g/mol. The summed E-state index contributed by atoms with van der Waals surface area (Å²) < 4.78 is 66.4. The van der Waals surface area contributed by atoms with Crippen LogP contribution >= 0.6 is 0 Å². The van der Waals surface area contributed by atoms with E-state index < -0.39 is 36.6 Å². The fraction of sp³-hybridized carbons (Fsp3) is 0.800. The first-order valence-corrected chi connectivity index (χ1v) is 12.0. The maximum absolute atomic E-state index is 12.4. The molecule has 0 aromatic rings. The second-order valence-electron chi connectivity index (χ2n) is 7.34. The fourth-order valence-corrected chi connectivity index (χ4v) is 5.54. The van der Waals surface area contributed by atoms with Gasteiger partial charge in [0, 0.05) is 22.6 Å². The molecule has 2 aliphatic carbocycles. The van der Waals surface area contributed by atoms with E-state index in [1.54, 1.807) is 0 Å². The smallest absolute Gasteiger partial charge is 0.748 e. The number of nitrogens with one attached hydrogen (secondary N) is 1. The minimum absolute atomic E-state index is 0. The van der Waals surface area contributed by atoms with Crippen LogP contribution in [0.1, 0.15) is 51.4 Å². The number of hydrazone groups is 2. The first-order valence-electron chi connectivity index (χ1n) is 9.08. The Morgan fingerprint density at radius 2 is 1.32 bits per heavy atom. The third-order valence-corrected chi connectivity index (χ3v) is 8.09. The van der Waals surface area contributed by atoms with Gasteiger partial charge in [-0.1, -0.05) is 6.21 Å². The van der Waals surface area contributed by atoms with Gasteiger partial charge in [0.05, 0.1) is 20.2 Å². The minimum atomic E-state index is -4.32. The molecule has 1 amide bonds. The molecule has 0 spiro atoms. The zero-order chi connectivity index (χ0) is 20.5. The molecule has 0 aromatic carbocycles. The Kier molecular flexibility index (Phi) is 14.1. The van der Waals surface area contributed by atoms with Crippen molar-refractivity contribution < 1.29 is 119 Å². The number of amides is 1. The summed E-state index contributed by atoms with van der Waals surface area (Å²) in [6.07, 6.45) is 5.02. The van der Waals surface area contributed by atoms with Crippen LogP contribution in [0.15, 0.2) is 10.2 Å². The van der Waals surface area contributed by atoms with E-state index in [9.17, 15) is 30.7 Å². The molecule has 1 heterocycles. The number of carbonyl (C=O) groups is 1. The molecule has 0 bridgehead atoms. The normalized spacial score (nSPS) is 30.2. The molecule has 31 heavy (non-hydrogen) atoms. The summed E-state index contributed by atoms with van der Waals surface area (Å²) in [7, 11) is -8.60. The summed E-state index contributed by atoms with van der Waals surface area (Å²) >= 11 is 0. The Morgan fingerprint density at radius 1 is 0.871 bits per heavy atom. The molecular formula is C15H21N4Na3O7S2. The standard InChI is InChI=1S/C15H23N4O7S2.3Na/c20-15-14(18-17-10-1-5-12(6-2-10)27(21,22)23)9-16-19(15)11-3-7-13(8-4-11)28(24,25)26;;;/h10-13,17H,1-8H2,(H,21,22,23)(H,24,25,26);;;/q-1;3*+1/p-2/b18-14-;;;. The van der Waals surface area contributed by atoms with Gasteiger partial charge in [0.1, 0.15) is 5.91 Å². The SMILES string of the molecule is O=C1/C(=N\NC2CCC(S(=O)(=O)[O-])CC2)[C-]=NN1C1CCC(S(=O)(=O)[O-])CC1.[Na+].[Na+].[Na+]. The third-order valence-electron chi connectivity index (χ3n) is 5.51. The van der Waals surface area contributed by atoms with E-state index in [-0.39, 0.29) is 132 Å². The van der Waals surface area contributed by atoms with Gasteiger partial charge in [-0.2, -0.15) is 0 Å². The number of rotatable bonds is 5. The van der Waals surface area contributed by atoms with Crippen LogP contribution in [0.25, 0.3) is 0 Å². The molecule has 2 saturated carbocycles. The molecule has 16 heteroatoms. The largest absolute Gasteiger partial charge is 1.00 e. The van der Waals surface area contributed by atoms with Crippen LogP contribution in [0.2, 0.25) is 0 Å². The van der Waals surface area contributed by atoms with Crippen molar-refractivity contribution in [3.8, 4) is 0 Å². The second kappa shape index (κ2) is 13.5. The van der Waals surface area contributed by atoms with E-state index in [4.69, 9.17) is 0 Å². The van der Waals surface area contributed by atoms with Crippen LogP contribution < -0.4 is 94.1 Å². The topological polar surface area (TPSA) is 171 Å². The molecule has 0 saturated heterocycles. The van der Waals surface area contributed by atoms with E-state index in [0.29, 0.717) is 25.7 Å². The third kappa shape index (κ3) is 8.86. The molecule has 3 aliphatic rings. The summed E-state index contributed by atoms with van der Waals surface area (Å²) in [5.74, 6) is -0.461. The summed E-state index contributed by atoms with van der Waals surface area (Å²) in [5, 5.41) is 7.37. The summed E-state index contributed by atoms with van der Waals surface area (Å²) in [5.41, 5.74) is 2.80. The molecule has 2 fully saturated rings. The van der Waals surface area contributed by atoms with Gasteiger partial charge >= 0.3 is 88.7 Å². The Hall–Kier alpha value is 1.43. The molecule has 1 aliphatic heterocycles. The van der Waals surface area contributed by atoms with E-state index in [1.165, 1.54) is 5.01 Å². The summed E-state index contributed by atoms with van der Waals surface area (Å²) in [6, 6.07) is -0.449. The summed E-state index contributed by atoms with van der Waals surface area (Å²) in [6.45, 7) is 0. The van der Waals surface area contributed by atoms with Crippen molar-refractivity contribution in [3.63, 3.8) is 0 Å². The quantitative estimate of drug-likeness (QED) is 0.167. The van der Waals surface area contributed by atoms with Crippen molar-refractivity contribution >= 4 is 38.1 Å². The predicted molar refractivity (Wildman–Crippen MR) is 96.3 cm³/mol. The minimum Gasteiger partial charge on any atom is -0.748 e. The molecule has 158 valence electrons. The average molecular weight is 502 g/mol. The first-order chi connectivity index (χ1) is 13.1. The van der Waals surface area contributed by atoms with Crippen molar-refractivity contribution in [2.45, 2.75) is 74.0 Å². The Balaban J connectivity index is 0.00000300. The maximum atomic E-state index is 12.4. The van der Waals surface area contributed by atoms with Crippen LogP contribution in [0.4, 0.5) is 0 Å². The van der Waals surface area contributed by atoms with Crippen LogP contribution in [-0.4, -0.2) is 71.4 Å². The molecule has 0 unspecified atom stereocenters. The maximum Gasteiger partial charge on any atom is 1.00 e. The van der Waals surface area contributed by atoms with Gasteiger partial charge < -0.3 is 29.4 Å². The van der Waals surface area contributed by atoms with Gasteiger partial charge in [0.15, 0.2) is 0 Å². The molecule has 0 aromatic heterocycles. The Bertz CT molecular complexity index is 882. The van der Waals surface area contributed by atoms with E-state index in [1.807, 2.05) is 0 Å². The molecule has 0 radical (unpaired) electrons. The van der Waals surface area contributed by atoms with Gasteiger partial charge in [0.2, 0.25) is 0 Å². The Morgan fingerprint density at radius 3 is 1.77 bits per heavy atom. The number of nitrogens with zero attached hydrogens (tertiary/aromatic N) is 3. The van der Waals surface area contributed by atoms with Crippen molar-refractivity contribution in [2.75, 3.05) is 0 Å². The van der Waals surface area contributed by atoms with Crippen LogP contribution in [-0.2, 0) is 25.0 Å². The molecule has 3 rings (SSSR count). The molecule has 0 atom stereocenters. The van der Waals surface area contributed by atoms with Gasteiger partial charge in [0.25, 0.3) is 0 Å². The average Bonchev–Trinajstić information content (AvgIpc) is 2.99. The van der Waals surface area contributed by atoms with Crippen molar-refractivity contribution in [1.29, 1.82) is 0 Å². The van der Waals surface area contributed by atoms with Crippen molar-refractivity contribution in [2.24, 2.45) is 10.2 Å². The predicted octanol–water partition coefficient (Wildman–Crippen LogP) is -9.64. The zero-order valence-corrected chi connectivity index (χ0v) is 25.6. The van der Waals surface area contributed by atoms with Crippen LogP contribution in [0.3, 0.4) is 0 Å². The van der Waals surface area contributed by atoms with Gasteiger partial charge in [-0.25, -0.2) is 21.9 Å². The number of carbonyl (C=O) groups excluding carboxylic acids is 1. The number of hydrogen-bond acceptors (Lipinski definition) is 10. The van der Waals surface area contributed by atoms with E-state index >= 15 is 0 Å². The number of hydrogen-bond donors (Lipinski definition) is 1. The van der Waals surface area contributed by atoms with E-state index in [0.717, 1.165) is 0 Å². The Labute approximate surface area is 249 Å². The van der Waals surface area contributed by atoms with E-state index in [2.05, 4.69) is 21.8 Å². The van der Waals surface area contributed by atoms with Gasteiger partial charge in [-0.15, -0.1) is 0 Å². The van der Waals surface area contributed by atoms with Crippen molar-refractivity contribution in [3.05, 3.63) is 0 Å². The molecule has 11 nitrogen and oxygen atoms in total. The summed E-state index contributed by atoms with van der Waals surface area (Å²) in [4.78, 5) is 12.4.